The van der Waals surface area contributed by atoms with Gasteiger partial charge in [-0.3, -0.25) is 4.98 Å². The first-order valence-electron chi connectivity index (χ1n) is 7.27. The molecule has 0 atom stereocenters. The van der Waals surface area contributed by atoms with Gasteiger partial charge < -0.3 is 8.75 Å². The molecular formula is C16H12F4N2O3S. The molecule has 5 nitrogen and oxygen atoms in total. The monoisotopic (exact) mass is 388 g/mol. The molecule has 0 aliphatic heterocycles. The fraction of sp³-hybridized carbons (Fsp3) is 0.188. The predicted octanol–water partition coefficient (Wildman–Crippen LogP) is 3.76. The number of alkyl halides is 3. The van der Waals surface area contributed by atoms with Crippen LogP contribution >= 0.6 is 0 Å². The van der Waals surface area contributed by atoms with Gasteiger partial charge in [0.2, 0.25) is 0 Å². The van der Waals surface area contributed by atoms with E-state index in [-0.39, 0.29) is 5.39 Å². The van der Waals surface area contributed by atoms with Crippen molar-refractivity contribution in [1.29, 1.82) is 0 Å². The van der Waals surface area contributed by atoms with Crippen molar-refractivity contribution in [3.05, 3.63) is 59.8 Å². The van der Waals surface area contributed by atoms with Crippen molar-refractivity contribution in [2.24, 2.45) is 0 Å². The zero-order valence-electron chi connectivity index (χ0n) is 13.3. The lowest BCUT2D eigenvalue weighted by atomic mass is 10.2. The van der Waals surface area contributed by atoms with Gasteiger partial charge in [0, 0.05) is 17.6 Å². The highest BCUT2D eigenvalue weighted by molar-refractivity contribution is 7.88. The van der Waals surface area contributed by atoms with Gasteiger partial charge in [0.25, 0.3) is 0 Å². The van der Waals surface area contributed by atoms with Gasteiger partial charge in [-0.05, 0) is 30.7 Å². The van der Waals surface area contributed by atoms with Crippen molar-refractivity contribution in [2.75, 3.05) is 0 Å². The van der Waals surface area contributed by atoms with Gasteiger partial charge in [-0.2, -0.15) is 21.6 Å². The van der Waals surface area contributed by atoms with E-state index in [4.69, 9.17) is 0 Å². The predicted molar refractivity (Wildman–Crippen MR) is 85.6 cm³/mol. The number of benzene rings is 1. The minimum absolute atomic E-state index is 0.174. The number of hydrogen-bond donors (Lipinski definition) is 0. The lowest BCUT2D eigenvalue weighted by molar-refractivity contribution is -0.0499. The molecule has 0 aliphatic rings. The Kier molecular flexibility index (Phi) is 4.39. The highest BCUT2D eigenvalue weighted by Crippen LogP contribution is 2.33. The van der Waals surface area contributed by atoms with Gasteiger partial charge in [0.15, 0.2) is 5.75 Å². The van der Waals surface area contributed by atoms with Crippen LogP contribution in [0.2, 0.25) is 0 Å². The van der Waals surface area contributed by atoms with Crippen molar-refractivity contribution >= 4 is 21.0 Å². The summed E-state index contributed by atoms with van der Waals surface area (Å²) in [6, 6.07) is 7.23. The summed E-state index contributed by atoms with van der Waals surface area (Å²) in [4.78, 5) is 3.77. The molecule has 0 fully saturated rings. The number of halogens is 4. The van der Waals surface area contributed by atoms with E-state index in [9.17, 15) is 26.0 Å². The van der Waals surface area contributed by atoms with Crippen LogP contribution in [0.5, 0.6) is 5.75 Å². The van der Waals surface area contributed by atoms with Gasteiger partial charge in [-0.1, -0.05) is 12.1 Å². The smallest absolute Gasteiger partial charge is 0.374 e. The Morgan fingerprint density at radius 3 is 2.42 bits per heavy atom. The summed E-state index contributed by atoms with van der Waals surface area (Å²) in [6.07, 6.45) is 2.30. The molecule has 10 heteroatoms. The summed E-state index contributed by atoms with van der Waals surface area (Å²) in [5.41, 5.74) is -3.75. The number of aryl methyl sites for hydroxylation is 1. The lowest BCUT2D eigenvalue weighted by Gasteiger charge is -2.11. The molecule has 0 radical (unpaired) electrons. The van der Waals surface area contributed by atoms with Crippen LogP contribution in [0.4, 0.5) is 17.6 Å². The van der Waals surface area contributed by atoms with Gasteiger partial charge in [-0.15, -0.1) is 0 Å². The summed E-state index contributed by atoms with van der Waals surface area (Å²) >= 11 is 0. The Labute approximate surface area is 146 Å². The molecule has 2 heterocycles. The van der Waals surface area contributed by atoms with E-state index in [2.05, 4.69) is 9.17 Å². The first kappa shape index (κ1) is 18.2. The molecule has 0 spiro atoms. The Morgan fingerprint density at radius 2 is 1.81 bits per heavy atom. The van der Waals surface area contributed by atoms with Crippen LogP contribution in [0.25, 0.3) is 10.9 Å². The van der Waals surface area contributed by atoms with Crippen LogP contribution < -0.4 is 4.18 Å². The van der Waals surface area contributed by atoms with Crippen LogP contribution in [0, 0.1) is 12.7 Å². The second kappa shape index (κ2) is 6.27. The normalized spacial score (nSPS) is 12.5. The molecular weight excluding hydrogens is 376 g/mol. The van der Waals surface area contributed by atoms with Crippen LogP contribution in [0.15, 0.2) is 42.7 Å². The molecule has 26 heavy (non-hydrogen) atoms. The fourth-order valence-corrected chi connectivity index (χ4v) is 2.96. The molecule has 0 saturated heterocycles. The van der Waals surface area contributed by atoms with Crippen LogP contribution in [0.3, 0.4) is 0 Å². The molecule has 0 N–H and O–H groups in total. The Hall–Kier alpha value is -2.62. The molecule has 1 aromatic carbocycles. The number of fused-ring (bicyclic) bond motifs is 1. The van der Waals surface area contributed by atoms with E-state index < -0.39 is 27.2 Å². The summed E-state index contributed by atoms with van der Waals surface area (Å²) in [5, 5.41) is 0.174. The number of nitrogens with zero attached hydrogens (tertiary/aromatic N) is 2. The molecule has 138 valence electrons. The minimum Gasteiger partial charge on any atom is -0.374 e. The first-order valence-corrected chi connectivity index (χ1v) is 8.68. The Balaban J connectivity index is 2.03. The number of pyridine rings is 1. The van der Waals surface area contributed by atoms with Crippen LogP contribution in [-0.2, 0) is 16.7 Å². The molecule has 2 aromatic heterocycles. The zero-order valence-corrected chi connectivity index (χ0v) is 14.1. The van der Waals surface area contributed by atoms with E-state index in [1.165, 1.54) is 24.4 Å². The molecule has 0 aliphatic carbocycles. The largest absolute Gasteiger partial charge is 0.534 e. The standard InChI is InChI=1S/C16H12F4N2O3S/c1-10-6-13-14(22(10)9-11-2-4-12(17)5-3-11)7-21-8-15(13)25-26(23,24)16(18,19)20/h2-8H,9H2,1H3. The van der Waals surface area contributed by atoms with E-state index in [1.54, 1.807) is 23.6 Å². The molecule has 0 saturated carbocycles. The third-order valence-corrected chi connectivity index (χ3v) is 4.70. The summed E-state index contributed by atoms with van der Waals surface area (Å²) in [5.74, 6) is -0.904. The second-order valence-electron chi connectivity index (χ2n) is 5.55. The highest BCUT2D eigenvalue weighted by Gasteiger charge is 2.48. The van der Waals surface area contributed by atoms with Crippen molar-refractivity contribution < 1.29 is 30.2 Å². The van der Waals surface area contributed by atoms with Gasteiger partial charge in [-0.25, -0.2) is 4.39 Å². The van der Waals surface area contributed by atoms with E-state index >= 15 is 0 Å². The summed E-state index contributed by atoms with van der Waals surface area (Å²) < 4.78 is 79.2. The molecule has 3 aromatic rings. The maximum atomic E-state index is 13.0. The fourth-order valence-electron chi connectivity index (χ4n) is 2.49. The number of aromatic nitrogens is 2. The maximum absolute atomic E-state index is 13.0. The van der Waals surface area contributed by atoms with E-state index in [1.807, 2.05) is 0 Å². The third-order valence-electron chi connectivity index (χ3n) is 3.74. The van der Waals surface area contributed by atoms with Gasteiger partial charge in [0.05, 0.1) is 17.9 Å². The van der Waals surface area contributed by atoms with Crippen molar-refractivity contribution in [3.8, 4) is 5.75 Å². The van der Waals surface area contributed by atoms with Gasteiger partial charge in [0.1, 0.15) is 5.82 Å². The topological polar surface area (TPSA) is 61.2 Å². The SMILES string of the molecule is Cc1cc2c(OS(=O)(=O)C(F)(F)F)cncc2n1Cc1ccc(F)cc1. The van der Waals surface area contributed by atoms with E-state index in [0.717, 1.165) is 11.8 Å². The van der Waals surface area contributed by atoms with Crippen LogP contribution in [-0.4, -0.2) is 23.5 Å². The Morgan fingerprint density at radius 1 is 1.15 bits per heavy atom. The summed E-state index contributed by atoms with van der Waals surface area (Å²) in [7, 11) is -5.80. The highest BCUT2D eigenvalue weighted by atomic mass is 32.2. The van der Waals surface area contributed by atoms with Gasteiger partial charge >= 0.3 is 15.6 Å². The van der Waals surface area contributed by atoms with Crippen molar-refractivity contribution in [3.63, 3.8) is 0 Å². The molecule has 0 unspecified atom stereocenters. The lowest BCUT2D eigenvalue weighted by Crippen LogP contribution is -2.28. The number of hydrogen-bond acceptors (Lipinski definition) is 4. The average Bonchev–Trinajstić information content (AvgIpc) is 2.85. The third kappa shape index (κ3) is 3.36. The van der Waals surface area contributed by atoms with E-state index in [0.29, 0.717) is 17.8 Å². The molecule has 0 bridgehead atoms. The second-order valence-corrected chi connectivity index (χ2v) is 7.09. The molecule has 0 amide bonds. The summed E-state index contributed by atoms with van der Waals surface area (Å²) in [6.45, 7) is 2.00. The van der Waals surface area contributed by atoms with Crippen LogP contribution in [0.1, 0.15) is 11.3 Å². The quantitative estimate of drug-likeness (QED) is 0.388. The van der Waals surface area contributed by atoms with Crippen molar-refractivity contribution in [2.45, 2.75) is 19.0 Å². The Bertz CT molecular complexity index is 1060. The number of rotatable bonds is 4. The van der Waals surface area contributed by atoms with Crippen molar-refractivity contribution in [1.82, 2.24) is 9.55 Å². The minimum atomic E-state index is -5.80. The first-order chi connectivity index (χ1) is 12.1. The zero-order chi connectivity index (χ0) is 19.1. The molecule has 3 rings (SSSR count). The maximum Gasteiger partial charge on any atom is 0.534 e. The average molecular weight is 388 g/mol.